The van der Waals surface area contributed by atoms with Gasteiger partial charge in [-0.3, -0.25) is 4.79 Å². The molecule has 5 nitrogen and oxygen atoms in total. The topological polar surface area (TPSA) is 55.8 Å². The van der Waals surface area contributed by atoms with Crippen molar-refractivity contribution in [2.24, 2.45) is 5.41 Å². The number of amides is 1. The predicted molar refractivity (Wildman–Crippen MR) is 83.1 cm³/mol. The van der Waals surface area contributed by atoms with Crippen LogP contribution in [0.25, 0.3) is 0 Å². The van der Waals surface area contributed by atoms with E-state index >= 15 is 0 Å². The van der Waals surface area contributed by atoms with E-state index in [-0.39, 0.29) is 23.9 Å². The molecule has 0 N–H and O–H groups in total. The molecule has 0 aliphatic rings. The molecule has 0 bridgehead atoms. The second-order valence-corrected chi connectivity index (χ2v) is 8.26. The molecule has 0 aliphatic carbocycles. The molecular weight excluding hydrogens is 270 g/mol. The van der Waals surface area contributed by atoms with E-state index < -0.39 is 11.2 Å². The second-order valence-electron chi connectivity index (χ2n) is 8.26. The Morgan fingerprint density at radius 2 is 1.29 bits per heavy atom. The van der Waals surface area contributed by atoms with Crippen LogP contribution >= 0.6 is 0 Å². The minimum absolute atomic E-state index is 0.247. The van der Waals surface area contributed by atoms with E-state index in [1.807, 2.05) is 55.4 Å². The van der Waals surface area contributed by atoms with Gasteiger partial charge in [-0.2, -0.15) is 0 Å². The lowest BCUT2D eigenvalue weighted by molar-refractivity contribution is -0.157. The Balaban J connectivity index is 4.53. The Morgan fingerprint density at radius 3 is 1.67 bits per heavy atom. The summed E-state index contributed by atoms with van der Waals surface area (Å²) in [7, 11) is 1.67. The highest BCUT2D eigenvalue weighted by molar-refractivity contribution is 5.71. The highest BCUT2D eigenvalue weighted by Crippen LogP contribution is 2.24. The van der Waals surface area contributed by atoms with Crippen molar-refractivity contribution < 1.29 is 19.1 Å². The van der Waals surface area contributed by atoms with E-state index in [1.54, 1.807) is 7.05 Å². The van der Waals surface area contributed by atoms with E-state index in [4.69, 9.17) is 9.47 Å². The van der Waals surface area contributed by atoms with E-state index in [9.17, 15) is 9.59 Å². The van der Waals surface area contributed by atoms with Crippen LogP contribution in [-0.2, 0) is 14.3 Å². The molecule has 0 aromatic carbocycles. The van der Waals surface area contributed by atoms with Crippen LogP contribution in [0.5, 0.6) is 0 Å². The van der Waals surface area contributed by atoms with Crippen LogP contribution in [0.4, 0.5) is 4.79 Å². The molecule has 0 saturated heterocycles. The quantitative estimate of drug-likeness (QED) is 0.744. The van der Waals surface area contributed by atoms with E-state index in [2.05, 4.69) is 0 Å². The lowest BCUT2D eigenvalue weighted by Gasteiger charge is -2.32. The van der Waals surface area contributed by atoms with Crippen LogP contribution in [0, 0.1) is 5.41 Å². The number of esters is 1. The van der Waals surface area contributed by atoms with Crippen molar-refractivity contribution in [2.45, 2.75) is 73.0 Å². The molecule has 0 spiro atoms. The van der Waals surface area contributed by atoms with Gasteiger partial charge in [0.05, 0.1) is 6.42 Å². The van der Waals surface area contributed by atoms with Crippen LogP contribution in [0.3, 0.4) is 0 Å². The minimum Gasteiger partial charge on any atom is -0.460 e. The van der Waals surface area contributed by atoms with Crippen molar-refractivity contribution in [3.8, 4) is 0 Å². The first kappa shape index (κ1) is 19.7. The van der Waals surface area contributed by atoms with Gasteiger partial charge in [0, 0.05) is 13.6 Å². The molecule has 0 heterocycles. The maximum absolute atomic E-state index is 11.9. The number of rotatable bonds is 4. The molecule has 0 radical (unpaired) electrons. The number of hydrogen-bond acceptors (Lipinski definition) is 4. The van der Waals surface area contributed by atoms with Gasteiger partial charge in [-0.05, 0) is 47.0 Å². The lowest BCUT2D eigenvalue weighted by atomic mass is 9.89. The van der Waals surface area contributed by atoms with Gasteiger partial charge in [-0.25, -0.2) is 4.79 Å². The van der Waals surface area contributed by atoms with E-state index in [0.717, 1.165) is 0 Å². The number of ether oxygens (including phenoxy) is 2. The molecule has 0 fully saturated rings. The fraction of sp³-hybridized carbons (Fsp3) is 0.875. The molecule has 0 atom stereocenters. The van der Waals surface area contributed by atoms with Gasteiger partial charge in [0.25, 0.3) is 0 Å². The van der Waals surface area contributed by atoms with Crippen molar-refractivity contribution in [3.05, 3.63) is 0 Å². The van der Waals surface area contributed by atoms with Gasteiger partial charge in [-0.15, -0.1) is 0 Å². The Bertz CT molecular complexity index is 375. The molecule has 0 aromatic heterocycles. The van der Waals surface area contributed by atoms with Gasteiger partial charge >= 0.3 is 12.1 Å². The molecule has 5 heteroatoms. The maximum atomic E-state index is 11.9. The van der Waals surface area contributed by atoms with Gasteiger partial charge in [0.1, 0.15) is 11.2 Å². The first-order chi connectivity index (χ1) is 9.11. The molecule has 21 heavy (non-hydrogen) atoms. The SMILES string of the molecule is CN(CC(C)(C)CC(=O)OC(C)(C)C)C(=O)OC(C)(C)C. The first-order valence-corrected chi connectivity index (χ1v) is 7.27. The summed E-state index contributed by atoms with van der Waals surface area (Å²) >= 11 is 0. The minimum atomic E-state index is -0.527. The number of carbonyl (C=O) groups is 2. The molecule has 0 unspecified atom stereocenters. The summed E-state index contributed by atoms with van der Waals surface area (Å²) in [5.41, 5.74) is -1.40. The van der Waals surface area contributed by atoms with Crippen molar-refractivity contribution >= 4 is 12.1 Å². The summed E-state index contributed by atoms with van der Waals surface area (Å²) in [6, 6.07) is 0. The summed E-state index contributed by atoms with van der Waals surface area (Å²) in [6.07, 6.45) is -0.142. The van der Waals surface area contributed by atoms with Gasteiger partial charge in [0.15, 0.2) is 0 Å². The zero-order chi connectivity index (χ0) is 17.1. The summed E-state index contributed by atoms with van der Waals surface area (Å²) in [4.78, 5) is 25.3. The molecule has 1 amide bonds. The maximum Gasteiger partial charge on any atom is 0.410 e. The van der Waals surface area contributed by atoms with Crippen LogP contribution < -0.4 is 0 Å². The van der Waals surface area contributed by atoms with Crippen LogP contribution in [0.15, 0.2) is 0 Å². The number of carbonyl (C=O) groups excluding carboxylic acids is 2. The second kappa shape index (κ2) is 6.67. The van der Waals surface area contributed by atoms with Gasteiger partial charge in [-0.1, -0.05) is 13.8 Å². The summed E-state index contributed by atoms with van der Waals surface area (Å²) in [5, 5.41) is 0. The standard InChI is InChI=1S/C16H31NO4/c1-14(2,3)20-12(18)10-16(7,8)11-17(9)13(19)21-15(4,5)6/h10-11H2,1-9H3. The molecule has 124 valence electrons. The molecule has 0 aromatic rings. The molecular formula is C16H31NO4. The van der Waals surface area contributed by atoms with Crippen molar-refractivity contribution in [1.29, 1.82) is 0 Å². The average molecular weight is 301 g/mol. The average Bonchev–Trinajstić information content (AvgIpc) is 2.08. The van der Waals surface area contributed by atoms with E-state index in [0.29, 0.717) is 6.54 Å². The number of hydrogen-bond donors (Lipinski definition) is 0. The Hall–Kier alpha value is -1.26. The first-order valence-electron chi connectivity index (χ1n) is 7.27. The zero-order valence-corrected chi connectivity index (χ0v) is 15.0. The predicted octanol–water partition coefficient (Wildman–Crippen LogP) is 3.61. The Labute approximate surface area is 129 Å². The normalized spacial score (nSPS) is 12.8. The van der Waals surface area contributed by atoms with Gasteiger partial charge < -0.3 is 14.4 Å². The van der Waals surface area contributed by atoms with Crippen molar-refractivity contribution in [3.63, 3.8) is 0 Å². The molecule has 0 aliphatic heterocycles. The number of nitrogens with zero attached hydrogens (tertiary/aromatic N) is 1. The van der Waals surface area contributed by atoms with Gasteiger partial charge in [0.2, 0.25) is 0 Å². The third kappa shape index (κ3) is 10.2. The van der Waals surface area contributed by atoms with Crippen molar-refractivity contribution in [1.82, 2.24) is 4.90 Å². The van der Waals surface area contributed by atoms with Crippen molar-refractivity contribution in [2.75, 3.05) is 13.6 Å². The fourth-order valence-electron chi connectivity index (χ4n) is 1.87. The van der Waals surface area contributed by atoms with Crippen LogP contribution in [0.2, 0.25) is 0 Å². The Morgan fingerprint density at radius 1 is 0.857 bits per heavy atom. The largest absolute Gasteiger partial charge is 0.460 e. The highest BCUT2D eigenvalue weighted by Gasteiger charge is 2.30. The summed E-state index contributed by atoms with van der Waals surface area (Å²) in [5.74, 6) is -0.259. The third-order valence-electron chi connectivity index (χ3n) is 2.41. The molecule has 0 saturated carbocycles. The monoisotopic (exact) mass is 301 g/mol. The highest BCUT2D eigenvalue weighted by atomic mass is 16.6. The Kier molecular flexibility index (Phi) is 6.27. The zero-order valence-electron chi connectivity index (χ0n) is 15.0. The third-order valence-corrected chi connectivity index (χ3v) is 2.41. The lowest BCUT2D eigenvalue weighted by Crippen LogP contribution is -2.40. The van der Waals surface area contributed by atoms with Crippen LogP contribution in [0.1, 0.15) is 61.8 Å². The van der Waals surface area contributed by atoms with Crippen LogP contribution in [-0.4, -0.2) is 41.8 Å². The summed E-state index contributed by atoms with van der Waals surface area (Å²) < 4.78 is 10.6. The molecule has 0 rings (SSSR count). The summed E-state index contributed by atoms with van der Waals surface area (Å²) in [6.45, 7) is 15.3. The smallest absolute Gasteiger partial charge is 0.410 e. The fourth-order valence-corrected chi connectivity index (χ4v) is 1.87. The van der Waals surface area contributed by atoms with E-state index in [1.165, 1.54) is 4.90 Å².